The average molecular weight is 320 g/mol. The number of benzene rings is 1. The number of halogens is 1. The number of urea groups is 1. The highest BCUT2D eigenvalue weighted by Crippen LogP contribution is 2.12. The molecular weight excluding hydrogens is 307 g/mol. The molecule has 3 amide bonds. The second-order valence-corrected chi connectivity index (χ2v) is 4.45. The van der Waals surface area contributed by atoms with Gasteiger partial charge in [0.05, 0.1) is 12.0 Å². The van der Waals surface area contributed by atoms with Crippen molar-refractivity contribution >= 4 is 23.6 Å². The number of anilines is 1. The van der Waals surface area contributed by atoms with E-state index in [9.17, 15) is 18.8 Å². The number of hydrogen-bond donors (Lipinski definition) is 2. The van der Waals surface area contributed by atoms with Gasteiger partial charge in [-0.3, -0.25) is 10.1 Å². The molecule has 120 valence electrons. The minimum absolute atomic E-state index is 0.0798. The first-order chi connectivity index (χ1) is 11.0. The summed E-state index contributed by atoms with van der Waals surface area (Å²) in [6.45, 7) is 0.909. The summed E-state index contributed by atoms with van der Waals surface area (Å²) in [4.78, 5) is 34.7. The van der Waals surface area contributed by atoms with E-state index in [0.717, 1.165) is 6.07 Å². The third-order valence-corrected chi connectivity index (χ3v) is 2.79. The molecule has 1 heterocycles. The van der Waals surface area contributed by atoms with Crippen molar-refractivity contribution in [3.63, 3.8) is 0 Å². The summed E-state index contributed by atoms with van der Waals surface area (Å²) in [6.07, 6.45) is 1.31. The second-order valence-electron chi connectivity index (χ2n) is 4.45. The van der Waals surface area contributed by atoms with Crippen molar-refractivity contribution in [2.45, 2.75) is 6.92 Å². The molecule has 0 spiro atoms. The predicted molar refractivity (Wildman–Crippen MR) is 77.3 cm³/mol. The van der Waals surface area contributed by atoms with E-state index in [1.165, 1.54) is 30.5 Å². The zero-order valence-electron chi connectivity index (χ0n) is 12.1. The summed E-state index contributed by atoms with van der Waals surface area (Å²) in [5, 5.41) is 4.08. The van der Waals surface area contributed by atoms with Crippen molar-refractivity contribution in [1.82, 2.24) is 5.32 Å². The van der Waals surface area contributed by atoms with Crippen LogP contribution in [0.25, 0.3) is 0 Å². The first-order valence-electron chi connectivity index (χ1n) is 6.54. The van der Waals surface area contributed by atoms with Gasteiger partial charge in [0.2, 0.25) is 0 Å². The maximum atomic E-state index is 13.3. The maximum Gasteiger partial charge on any atom is 0.342 e. The quantitative estimate of drug-likeness (QED) is 0.842. The van der Waals surface area contributed by atoms with Gasteiger partial charge in [-0.25, -0.2) is 14.0 Å². The van der Waals surface area contributed by atoms with Crippen LogP contribution in [-0.4, -0.2) is 24.5 Å². The van der Waals surface area contributed by atoms with Crippen molar-refractivity contribution in [2.75, 3.05) is 11.9 Å². The number of carbonyl (C=O) groups excluding carboxylic acids is 3. The number of imide groups is 1. The van der Waals surface area contributed by atoms with E-state index < -0.39 is 30.3 Å². The number of esters is 1. The molecule has 2 rings (SSSR count). The Morgan fingerprint density at radius 3 is 2.61 bits per heavy atom. The SMILES string of the molecule is Cc1occc1C(=O)OCC(=O)NC(=O)Nc1ccccc1F. The van der Waals surface area contributed by atoms with Crippen LogP contribution in [0, 0.1) is 12.7 Å². The summed E-state index contributed by atoms with van der Waals surface area (Å²) in [5.41, 5.74) is 0.109. The van der Waals surface area contributed by atoms with Gasteiger partial charge >= 0.3 is 12.0 Å². The van der Waals surface area contributed by atoms with Crippen LogP contribution < -0.4 is 10.6 Å². The van der Waals surface area contributed by atoms with Crippen molar-refractivity contribution in [3.8, 4) is 0 Å². The highest BCUT2D eigenvalue weighted by Gasteiger charge is 2.16. The first-order valence-corrected chi connectivity index (χ1v) is 6.54. The lowest BCUT2D eigenvalue weighted by Crippen LogP contribution is -2.37. The third kappa shape index (κ3) is 4.40. The monoisotopic (exact) mass is 320 g/mol. The van der Waals surface area contributed by atoms with Crippen molar-refractivity contribution in [1.29, 1.82) is 0 Å². The number of nitrogens with one attached hydrogen (secondary N) is 2. The number of amides is 3. The number of hydrogen-bond acceptors (Lipinski definition) is 5. The molecule has 0 aliphatic carbocycles. The Morgan fingerprint density at radius 2 is 1.96 bits per heavy atom. The molecule has 0 aliphatic rings. The van der Waals surface area contributed by atoms with Crippen LogP contribution in [0.4, 0.5) is 14.9 Å². The second kappa shape index (κ2) is 7.21. The van der Waals surface area contributed by atoms with Gasteiger partial charge in [-0.05, 0) is 25.1 Å². The molecule has 0 bridgehead atoms. The summed E-state index contributed by atoms with van der Waals surface area (Å²) in [7, 11) is 0. The third-order valence-electron chi connectivity index (χ3n) is 2.79. The lowest BCUT2D eigenvalue weighted by molar-refractivity contribution is -0.123. The molecule has 0 atom stereocenters. The van der Waals surface area contributed by atoms with Crippen LogP contribution in [0.5, 0.6) is 0 Å². The molecule has 2 N–H and O–H groups in total. The van der Waals surface area contributed by atoms with Gasteiger partial charge in [0.15, 0.2) is 6.61 Å². The number of para-hydroxylation sites is 1. The number of carbonyl (C=O) groups is 3. The fourth-order valence-corrected chi connectivity index (χ4v) is 1.68. The van der Waals surface area contributed by atoms with E-state index in [4.69, 9.17) is 9.15 Å². The Kier molecular flexibility index (Phi) is 5.08. The Morgan fingerprint density at radius 1 is 1.22 bits per heavy atom. The van der Waals surface area contributed by atoms with Crippen LogP contribution in [0.3, 0.4) is 0 Å². The lowest BCUT2D eigenvalue weighted by Gasteiger charge is -2.07. The van der Waals surface area contributed by atoms with Gasteiger partial charge in [0.25, 0.3) is 5.91 Å². The molecule has 0 radical (unpaired) electrons. The Labute approximate surface area is 130 Å². The highest BCUT2D eigenvalue weighted by molar-refractivity contribution is 6.02. The first kappa shape index (κ1) is 16.2. The summed E-state index contributed by atoms with van der Waals surface area (Å²) in [5.74, 6) is -1.89. The van der Waals surface area contributed by atoms with E-state index in [1.807, 2.05) is 5.32 Å². The van der Waals surface area contributed by atoms with Crippen molar-refractivity contribution in [3.05, 3.63) is 53.7 Å². The molecule has 1 aromatic heterocycles. The molecule has 0 aliphatic heterocycles. The molecule has 0 saturated heterocycles. The molecule has 2 aromatic rings. The zero-order chi connectivity index (χ0) is 16.8. The van der Waals surface area contributed by atoms with Gasteiger partial charge in [-0.2, -0.15) is 0 Å². The topological polar surface area (TPSA) is 97.6 Å². The maximum absolute atomic E-state index is 13.3. The zero-order valence-corrected chi connectivity index (χ0v) is 12.1. The Hall–Kier alpha value is -3.16. The van der Waals surface area contributed by atoms with Gasteiger partial charge < -0.3 is 14.5 Å². The van der Waals surface area contributed by atoms with Crippen LogP contribution in [-0.2, 0) is 9.53 Å². The van der Waals surface area contributed by atoms with E-state index in [1.54, 1.807) is 6.92 Å². The molecule has 23 heavy (non-hydrogen) atoms. The number of ether oxygens (including phenoxy) is 1. The molecule has 1 aromatic carbocycles. The standard InChI is InChI=1S/C15H13FN2O5/c1-9-10(6-7-22-9)14(20)23-8-13(19)18-15(21)17-12-5-3-2-4-11(12)16/h2-7H,8H2,1H3,(H2,17,18,19,21). The van der Waals surface area contributed by atoms with E-state index in [-0.39, 0.29) is 11.3 Å². The highest BCUT2D eigenvalue weighted by atomic mass is 19.1. The van der Waals surface area contributed by atoms with E-state index in [0.29, 0.717) is 5.76 Å². The average Bonchev–Trinajstić information content (AvgIpc) is 2.93. The molecular formula is C15H13FN2O5. The molecule has 8 heteroatoms. The molecule has 0 unspecified atom stereocenters. The summed E-state index contributed by atoms with van der Waals surface area (Å²) < 4.78 is 23.0. The normalized spacial score (nSPS) is 10.0. The minimum Gasteiger partial charge on any atom is -0.469 e. The molecule has 0 saturated carbocycles. The smallest absolute Gasteiger partial charge is 0.342 e. The summed E-state index contributed by atoms with van der Waals surface area (Å²) in [6, 6.07) is 5.94. The number of furan rings is 1. The fraction of sp³-hybridized carbons (Fsp3) is 0.133. The van der Waals surface area contributed by atoms with E-state index in [2.05, 4.69) is 5.32 Å². The Balaban J connectivity index is 1.81. The lowest BCUT2D eigenvalue weighted by atomic mass is 10.3. The fourth-order valence-electron chi connectivity index (χ4n) is 1.68. The minimum atomic E-state index is -0.935. The van der Waals surface area contributed by atoms with Crippen molar-refractivity contribution < 1.29 is 27.9 Å². The van der Waals surface area contributed by atoms with Gasteiger partial charge in [0, 0.05) is 0 Å². The molecule has 7 nitrogen and oxygen atoms in total. The van der Waals surface area contributed by atoms with Crippen LogP contribution >= 0.6 is 0 Å². The van der Waals surface area contributed by atoms with E-state index >= 15 is 0 Å². The largest absolute Gasteiger partial charge is 0.469 e. The van der Waals surface area contributed by atoms with Crippen LogP contribution in [0.15, 0.2) is 41.0 Å². The van der Waals surface area contributed by atoms with Crippen LogP contribution in [0.2, 0.25) is 0 Å². The van der Waals surface area contributed by atoms with Gasteiger partial charge in [0.1, 0.15) is 17.1 Å². The van der Waals surface area contributed by atoms with Crippen LogP contribution in [0.1, 0.15) is 16.1 Å². The predicted octanol–water partition coefficient (Wildman–Crippen LogP) is 2.23. The Bertz CT molecular complexity index is 741. The van der Waals surface area contributed by atoms with Gasteiger partial charge in [-0.15, -0.1) is 0 Å². The number of aryl methyl sites for hydroxylation is 1. The van der Waals surface area contributed by atoms with Gasteiger partial charge in [-0.1, -0.05) is 12.1 Å². The number of rotatable bonds is 4. The summed E-state index contributed by atoms with van der Waals surface area (Å²) >= 11 is 0. The molecule has 0 fully saturated rings. The van der Waals surface area contributed by atoms with Crippen molar-refractivity contribution in [2.24, 2.45) is 0 Å².